The molecule has 0 spiro atoms. The van der Waals surface area contributed by atoms with Gasteiger partial charge in [0.25, 0.3) is 0 Å². The normalized spacial score (nSPS) is 19.2. The Labute approximate surface area is 110 Å². The molecule has 1 atom stereocenters. The molecule has 0 aromatic heterocycles. The van der Waals surface area contributed by atoms with Gasteiger partial charge in [0.05, 0.1) is 19.3 Å². The zero-order chi connectivity index (χ0) is 13.4. The Bertz CT molecular complexity index is 238. The van der Waals surface area contributed by atoms with Crippen LogP contribution >= 0.6 is 0 Å². The van der Waals surface area contributed by atoms with Crippen LogP contribution in [-0.2, 0) is 9.47 Å². The molecule has 0 bridgehead atoms. The van der Waals surface area contributed by atoms with Crippen LogP contribution in [0.2, 0.25) is 0 Å². The Balaban J connectivity index is 2.52. The lowest BCUT2D eigenvalue weighted by Crippen LogP contribution is -2.50. The number of nitrogens with zero attached hydrogens (tertiary/aromatic N) is 1. The Morgan fingerprint density at radius 2 is 2.22 bits per heavy atom. The van der Waals surface area contributed by atoms with Crippen molar-refractivity contribution in [1.82, 2.24) is 10.2 Å². The van der Waals surface area contributed by atoms with E-state index in [1.54, 1.807) is 7.11 Å². The van der Waals surface area contributed by atoms with E-state index in [0.29, 0.717) is 19.8 Å². The van der Waals surface area contributed by atoms with Gasteiger partial charge >= 0.3 is 6.03 Å². The van der Waals surface area contributed by atoms with Gasteiger partial charge in [0.15, 0.2) is 0 Å². The van der Waals surface area contributed by atoms with E-state index >= 15 is 0 Å². The molecule has 0 aromatic rings. The molecular formula is C13H26N2O3. The lowest BCUT2D eigenvalue weighted by atomic mass is 10.1. The van der Waals surface area contributed by atoms with E-state index in [0.717, 1.165) is 25.9 Å². The van der Waals surface area contributed by atoms with Gasteiger partial charge in [-0.15, -0.1) is 0 Å². The number of hydrogen-bond donors (Lipinski definition) is 1. The van der Waals surface area contributed by atoms with Gasteiger partial charge in [-0.1, -0.05) is 13.8 Å². The highest BCUT2D eigenvalue weighted by Crippen LogP contribution is 2.10. The predicted molar refractivity (Wildman–Crippen MR) is 70.7 cm³/mol. The topological polar surface area (TPSA) is 50.8 Å². The predicted octanol–water partition coefficient (Wildman–Crippen LogP) is 1.62. The molecule has 5 nitrogen and oxygen atoms in total. The zero-order valence-electron chi connectivity index (χ0n) is 11.8. The van der Waals surface area contributed by atoms with Gasteiger partial charge in [0, 0.05) is 26.3 Å². The molecular weight excluding hydrogens is 232 g/mol. The summed E-state index contributed by atoms with van der Waals surface area (Å²) < 4.78 is 10.4. The maximum Gasteiger partial charge on any atom is 0.318 e. The fraction of sp³-hybridized carbons (Fsp3) is 0.923. The zero-order valence-corrected chi connectivity index (χ0v) is 11.8. The van der Waals surface area contributed by atoms with E-state index in [1.165, 1.54) is 0 Å². The lowest BCUT2D eigenvalue weighted by Gasteiger charge is -2.31. The average Bonchev–Trinajstić information content (AvgIpc) is 2.87. The van der Waals surface area contributed by atoms with Crippen molar-refractivity contribution in [2.24, 2.45) is 0 Å². The SMILES string of the molecule is CCC(CC)N(CCOC)C(=O)NC1CCOC1. The summed E-state index contributed by atoms with van der Waals surface area (Å²) in [6.07, 6.45) is 2.84. The van der Waals surface area contributed by atoms with Crippen molar-refractivity contribution in [3.8, 4) is 0 Å². The molecule has 1 heterocycles. The summed E-state index contributed by atoms with van der Waals surface area (Å²) in [5.74, 6) is 0. The Morgan fingerprint density at radius 1 is 1.50 bits per heavy atom. The van der Waals surface area contributed by atoms with E-state index < -0.39 is 0 Å². The monoisotopic (exact) mass is 258 g/mol. The number of rotatable bonds is 7. The molecule has 2 amide bonds. The van der Waals surface area contributed by atoms with Crippen LogP contribution in [0.25, 0.3) is 0 Å². The van der Waals surface area contributed by atoms with Gasteiger partial charge in [-0.05, 0) is 19.3 Å². The molecule has 1 rings (SSSR count). The van der Waals surface area contributed by atoms with Gasteiger partial charge in [-0.25, -0.2) is 4.79 Å². The molecule has 0 aliphatic carbocycles. The first-order chi connectivity index (χ1) is 8.72. The molecule has 0 saturated carbocycles. The molecule has 5 heteroatoms. The number of carbonyl (C=O) groups excluding carboxylic acids is 1. The maximum absolute atomic E-state index is 12.3. The van der Waals surface area contributed by atoms with E-state index in [4.69, 9.17) is 9.47 Å². The fourth-order valence-corrected chi connectivity index (χ4v) is 2.27. The van der Waals surface area contributed by atoms with Gasteiger partial charge < -0.3 is 19.7 Å². The lowest BCUT2D eigenvalue weighted by molar-refractivity contribution is 0.123. The minimum absolute atomic E-state index is 0.0104. The van der Waals surface area contributed by atoms with Gasteiger partial charge in [-0.3, -0.25) is 0 Å². The van der Waals surface area contributed by atoms with Crippen molar-refractivity contribution in [1.29, 1.82) is 0 Å². The first-order valence-electron chi connectivity index (χ1n) is 6.86. The third-order valence-electron chi connectivity index (χ3n) is 3.44. The van der Waals surface area contributed by atoms with Crippen LogP contribution in [0, 0.1) is 0 Å². The third-order valence-corrected chi connectivity index (χ3v) is 3.44. The summed E-state index contributed by atoms with van der Waals surface area (Å²) in [6, 6.07) is 0.454. The third kappa shape index (κ3) is 4.46. The van der Waals surface area contributed by atoms with Crippen LogP contribution in [-0.4, -0.2) is 56.5 Å². The van der Waals surface area contributed by atoms with E-state index in [9.17, 15) is 4.79 Å². The smallest absolute Gasteiger partial charge is 0.318 e. The summed E-state index contributed by atoms with van der Waals surface area (Å²) in [6.45, 7) is 6.81. The Hall–Kier alpha value is -0.810. The maximum atomic E-state index is 12.3. The highest BCUT2D eigenvalue weighted by molar-refractivity contribution is 5.75. The first-order valence-corrected chi connectivity index (χ1v) is 6.86. The number of hydrogen-bond acceptors (Lipinski definition) is 3. The molecule has 1 aliphatic rings. The fourth-order valence-electron chi connectivity index (χ4n) is 2.27. The minimum Gasteiger partial charge on any atom is -0.383 e. The second-order valence-corrected chi connectivity index (χ2v) is 4.67. The summed E-state index contributed by atoms with van der Waals surface area (Å²) in [5.41, 5.74) is 0. The average molecular weight is 258 g/mol. The molecule has 1 saturated heterocycles. The number of carbonyl (C=O) groups is 1. The summed E-state index contributed by atoms with van der Waals surface area (Å²) in [5, 5.41) is 3.04. The number of amides is 2. The Morgan fingerprint density at radius 3 is 2.72 bits per heavy atom. The largest absolute Gasteiger partial charge is 0.383 e. The standard InChI is InChI=1S/C13H26N2O3/c1-4-12(5-2)15(7-9-17-3)13(16)14-11-6-8-18-10-11/h11-12H,4-10H2,1-3H3,(H,14,16). The molecule has 1 unspecified atom stereocenters. The number of methoxy groups -OCH3 is 1. The first kappa shape index (κ1) is 15.2. The summed E-state index contributed by atoms with van der Waals surface area (Å²) in [7, 11) is 1.66. The van der Waals surface area contributed by atoms with Crippen molar-refractivity contribution in [3.63, 3.8) is 0 Å². The van der Waals surface area contributed by atoms with Crippen LogP contribution in [0.1, 0.15) is 33.1 Å². The molecule has 1 N–H and O–H groups in total. The van der Waals surface area contributed by atoms with Crippen LogP contribution in [0.5, 0.6) is 0 Å². The van der Waals surface area contributed by atoms with Crippen molar-refractivity contribution in [2.45, 2.75) is 45.2 Å². The second kappa shape index (κ2) is 8.32. The van der Waals surface area contributed by atoms with Crippen molar-refractivity contribution >= 4 is 6.03 Å². The highest BCUT2D eigenvalue weighted by atomic mass is 16.5. The summed E-state index contributed by atoms with van der Waals surface area (Å²) >= 11 is 0. The number of urea groups is 1. The quantitative estimate of drug-likeness (QED) is 0.755. The minimum atomic E-state index is 0.0104. The van der Waals surface area contributed by atoms with Crippen LogP contribution < -0.4 is 5.32 Å². The van der Waals surface area contributed by atoms with Gasteiger partial charge in [0.2, 0.25) is 0 Å². The van der Waals surface area contributed by atoms with Gasteiger partial charge in [0.1, 0.15) is 0 Å². The number of ether oxygens (including phenoxy) is 2. The van der Waals surface area contributed by atoms with E-state index in [-0.39, 0.29) is 18.1 Å². The van der Waals surface area contributed by atoms with Gasteiger partial charge in [-0.2, -0.15) is 0 Å². The van der Waals surface area contributed by atoms with Crippen molar-refractivity contribution in [3.05, 3.63) is 0 Å². The number of nitrogens with one attached hydrogen (secondary N) is 1. The van der Waals surface area contributed by atoms with Crippen molar-refractivity contribution in [2.75, 3.05) is 33.5 Å². The highest BCUT2D eigenvalue weighted by Gasteiger charge is 2.24. The molecule has 1 aliphatic heterocycles. The molecule has 0 aromatic carbocycles. The van der Waals surface area contributed by atoms with Crippen LogP contribution in [0.4, 0.5) is 4.79 Å². The Kier molecular flexibility index (Phi) is 7.05. The molecule has 1 fully saturated rings. The van der Waals surface area contributed by atoms with Crippen molar-refractivity contribution < 1.29 is 14.3 Å². The molecule has 0 radical (unpaired) electrons. The van der Waals surface area contributed by atoms with E-state index in [2.05, 4.69) is 19.2 Å². The second-order valence-electron chi connectivity index (χ2n) is 4.67. The van der Waals surface area contributed by atoms with Crippen LogP contribution in [0.15, 0.2) is 0 Å². The summed E-state index contributed by atoms with van der Waals surface area (Å²) in [4.78, 5) is 14.2. The van der Waals surface area contributed by atoms with Crippen LogP contribution in [0.3, 0.4) is 0 Å². The molecule has 106 valence electrons. The molecule has 18 heavy (non-hydrogen) atoms. The van der Waals surface area contributed by atoms with E-state index in [1.807, 2.05) is 4.90 Å².